The van der Waals surface area contributed by atoms with Gasteiger partial charge in [0.05, 0.1) is 11.6 Å². The summed E-state index contributed by atoms with van der Waals surface area (Å²) in [5, 5.41) is 23.4. The van der Waals surface area contributed by atoms with Crippen LogP contribution in [0.2, 0.25) is 0 Å². The molecule has 0 radical (unpaired) electrons. The standard InChI is InChI=1S/C12H20Cl3NO3/c1-7-4-5-11(19,8(17)6-7)10(2,3)16-9(18)12(13,14)15/h7-8,17,19H,4-6H2,1-3H3,(H,16,18)/t7-,8-,11+/m1/s1. The molecule has 0 aromatic carbocycles. The summed E-state index contributed by atoms with van der Waals surface area (Å²) >= 11 is 16.5. The van der Waals surface area contributed by atoms with E-state index in [1.54, 1.807) is 13.8 Å². The number of halogens is 3. The molecule has 1 amide bonds. The number of rotatable bonds is 2. The lowest BCUT2D eigenvalue weighted by Gasteiger charge is -2.49. The van der Waals surface area contributed by atoms with Crippen LogP contribution in [0.1, 0.15) is 40.0 Å². The molecule has 0 bridgehead atoms. The van der Waals surface area contributed by atoms with Crippen LogP contribution >= 0.6 is 34.8 Å². The minimum absolute atomic E-state index is 0.329. The molecule has 1 saturated carbocycles. The first-order valence-corrected chi connectivity index (χ1v) is 7.33. The van der Waals surface area contributed by atoms with E-state index in [-0.39, 0.29) is 0 Å². The highest BCUT2D eigenvalue weighted by Gasteiger charge is 2.53. The molecular weight excluding hydrogens is 312 g/mol. The van der Waals surface area contributed by atoms with Gasteiger partial charge < -0.3 is 15.5 Å². The maximum Gasteiger partial charge on any atom is 0.272 e. The molecule has 4 nitrogen and oxygen atoms in total. The van der Waals surface area contributed by atoms with E-state index in [0.29, 0.717) is 18.8 Å². The van der Waals surface area contributed by atoms with E-state index in [4.69, 9.17) is 34.8 Å². The molecule has 112 valence electrons. The molecule has 0 aromatic heterocycles. The Kier molecular flexibility index (Phi) is 5.07. The molecule has 3 N–H and O–H groups in total. The molecular formula is C12H20Cl3NO3. The predicted molar refractivity (Wildman–Crippen MR) is 76.5 cm³/mol. The van der Waals surface area contributed by atoms with Crippen molar-refractivity contribution >= 4 is 40.7 Å². The van der Waals surface area contributed by atoms with Crippen molar-refractivity contribution in [3.63, 3.8) is 0 Å². The van der Waals surface area contributed by atoms with Crippen LogP contribution in [0.15, 0.2) is 0 Å². The lowest BCUT2D eigenvalue weighted by Crippen LogP contribution is -2.68. The van der Waals surface area contributed by atoms with Crippen molar-refractivity contribution in [1.82, 2.24) is 5.32 Å². The van der Waals surface area contributed by atoms with Crippen LogP contribution < -0.4 is 5.32 Å². The molecule has 0 unspecified atom stereocenters. The summed E-state index contributed by atoms with van der Waals surface area (Å²) in [7, 11) is 0. The van der Waals surface area contributed by atoms with E-state index in [9.17, 15) is 15.0 Å². The van der Waals surface area contributed by atoms with Gasteiger partial charge in [-0.1, -0.05) is 41.7 Å². The maximum absolute atomic E-state index is 11.7. The van der Waals surface area contributed by atoms with Crippen molar-refractivity contribution in [3.05, 3.63) is 0 Å². The number of hydrogen-bond acceptors (Lipinski definition) is 3. The second-order valence-corrected chi connectivity index (χ2v) is 8.18. The number of carbonyl (C=O) groups excluding carboxylic acids is 1. The van der Waals surface area contributed by atoms with Gasteiger partial charge in [0.25, 0.3) is 9.70 Å². The number of carbonyl (C=O) groups is 1. The third-order valence-electron chi connectivity index (χ3n) is 3.96. The van der Waals surface area contributed by atoms with Crippen molar-refractivity contribution in [2.75, 3.05) is 0 Å². The van der Waals surface area contributed by atoms with Gasteiger partial charge in [0, 0.05) is 0 Å². The molecule has 19 heavy (non-hydrogen) atoms. The van der Waals surface area contributed by atoms with Gasteiger partial charge >= 0.3 is 0 Å². The SMILES string of the molecule is C[C@@H]1CC[C@@](O)(C(C)(C)NC(=O)C(Cl)(Cl)Cl)[C@H](O)C1. The first-order valence-electron chi connectivity index (χ1n) is 6.20. The average Bonchev–Trinajstić information content (AvgIpc) is 2.21. The Morgan fingerprint density at radius 1 is 1.37 bits per heavy atom. The Bertz CT molecular complexity index is 357. The Balaban J connectivity index is 2.89. The Morgan fingerprint density at radius 2 is 1.89 bits per heavy atom. The van der Waals surface area contributed by atoms with Crippen LogP contribution in [0.5, 0.6) is 0 Å². The van der Waals surface area contributed by atoms with Crippen molar-refractivity contribution < 1.29 is 15.0 Å². The summed E-state index contributed by atoms with van der Waals surface area (Å²) < 4.78 is -2.10. The van der Waals surface area contributed by atoms with Gasteiger partial charge in [-0.2, -0.15) is 0 Å². The van der Waals surface area contributed by atoms with Gasteiger partial charge in [0.1, 0.15) is 5.60 Å². The summed E-state index contributed by atoms with van der Waals surface area (Å²) in [5.74, 6) is -0.489. The first-order chi connectivity index (χ1) is 8.40. The fraction of sp³-hybridized carbons (Fsp3) is 0.917. The summed E-state index contributed by atoms with van der Waals surface area (Å²) in [6, 6.07) is 0. The lowest BCUT2D eigenvalue weighted by molar-refractivity contribution is -0.159. The number of nitrogens with one attached hydrogen (secondary N) is 1. The third kappa shape index (κ3) is 3.67. The number of amides is 1. The second kappa shape index (κ2) is 5.57. The summed E-state index contributed by atoms with van der Waals surface area (Å²) in [5.41, 5.74) is -2.54. The molecule has 0 heterocycles. The van der Waals surface area contributed by atoms with E-state index < -0.39 is 26.9 Å². The van der Waals surface area contributed by atoms with Crippen LogP contribution in [0.3, 0.4) is 0 Å². The van der Waals surface area contributed by atoms with Crippen molar-refractivity contribution in [1.29, 1.82) is 0 Å². The smallest absolute Gasteiger partial charge is 0.272 e. The molecule has 1 aliphatic carbocycles. The molecule has 0 saturated heterocycles. The third-order valence-corrected chi connectivity index (χ3v) is 4.48. The first kappa shape index (κ1) is 17.3. The van der Waals surface area contributed by atoms with Crippen molar-refractivity contribution in [2.45, 2.75) is 61.1 Å². The summed E-state index contributed by atoms with van der Waals surface area (Å²) in [6.07, 6.45) is 0.689. The number of hydrogen-bond donors (Lipinski definition) is 3. The molecule has 1 fully saturated rings. The van der Waals surface area contributed by atoms with Crippen LogP contribution in [0.25, 0.3) is 0 Å². The van der Waals surface area contributed by atoms with E-state index in [1.807, 2.05) is 6.92 Å². The second-order valence-electron chi connectivity index (χ2n) is 5.90. The van der Waals surface area contributed by atoms with Crippen LogP contribution in [0, 0.1) is 5.92 Å². The number of aliphatic hydroxyl groups is 2. The average molecular weight is 333 g/mol. The van der Waals surface area contributed by atoms with E-state index in [0.717, 1.165) is 6.42 Å². The Labute approximate surface area is 128 Å². The fourth-order valence-electron chi connectivity index (χ4n) is 2.52. The van der Waals surface area contributed by atoms with Gasteiger partial charge in [-0.3, -0.25) is 4.79 Å². The maximum atomic E-state index is 11.7. The molecule has 1 aliphatic rings. The zero-order chi connectivity index (χ0) is 15.1. The molecule has 3 atom stereocenters. The molecule has 1 rings (SSSR count). The minimum Gasteiger partial charge on any atom is -0.390 e. The van der Waals surface area contributed by atoms with E-state index >= 15 is 0 Å². The van der Waals surface area contributed by atoms with Crippen LogP contribution in [0.4, 0.5) is 0 Å². The van der Waals surface area contributed by atoms with Gasteiger partial charge in [0.2, 0.25) is 0 Å². The topological polar surface area (TPSA) is 69.6 Å². The molecule has 0 aliphatic heterocycles. The highest BCUT2D eigenvalue weighted by molar-refractivity contribution is 6.76. The quantitative estimate of drug-likeness (QED) is 0.679. The normalized spacial score (nSPS) is 33.1. The monoisotopic (exact) mass is 331 g/mol. The predicted octanol–water partition coefficient (Wildman–Crippen LogP) is 2.16. The van der Waals surface area contributed by atoms with E-state index in [2.05, 4.69) is 5.32 Å². The lowest BCUT2D eigenvalue weighted by atomic mass is 9.68. The van der Waals surface area contributed by atoms with E-state index in [1.165, 1.54) is 0 Å². The zero-order valence-corrected chi connectivity index (χ0v) is 13.5. The Morgan fingerprint density at radius 3 is 2.32 bits per heavy atom. The number of aliphatic hydroxyl groups excluding tert-OH is 1. The minimum atomic E-state index is -2.10. The fourth-order valence-corrected chi connectivity index (χ4v) is 2.66. The molecule has 0 aromatic rings. The highest BCUT2D eigenvalue weighted by Crippen LogP contribution is 2.40. The van der Waals surface area contributed by atoms with Gasteiger partial charge in [-0.05, 0) is 39.0 Å². The molecule has 0 spiro atoms. The van der Waals surface area contributed by atoms with Gasteiger partial charge in [-0.15, -0.1) is 0 Å². The van der Waals surface area contributed by atoms with Crippen molar-refractivity contribution in [2.24, 2.45) is 5.92 Å². The Hall–Kier alpha value is 0.260. The zero-order valence-electron chi connectivity index (χ0n) is 11.2. The van der Waals surface area contributed by atoms with Crippen LogP contribution in [-0.2, 0) is 4.79 Å². The van der Waals surface area contributed by atoms with Gasteiger partial charge in [0.15, 0.2) is 0 Å². The summed E-state index contributed by atoms with van der Waals surface area (Å²) in [4.78, 5) is 11.7. The highest BCUT2D eigenvalue weighted by atomic mass is 35.6. The number of alkyl halides is 3. The summed E-state index contributed by atoms with van der Waals surface area (Å²) in [6.45, 7) is 5.23. The largest absolute Gasteiger partial charge is 0.390 e. The van der Waals surface area contributed by atoms with Gasteiger partial charge in [-0.25, -0.2) is 0 Å². The molecule has 7 heteroatoms. The van der Waals surface area contributed by atoms with Crippen molar-refractivity contribution in [3.8, 4) is 0 Å². The van der Waals surface area contributed by atoms with Crippen LogP contribution in [-0.4, -0.2) is 37.2 Å².